The molecular weight excluding hydrogens is 268 g/mol. The lowest BCUT2D eigenvalue weighted by Crippen LogP contribution is -1.88. The van der Waals surface area contributed by atoms with Gasteiger partial charge in [-0.05, 0) is 53.9 Å². The van der Waals surface area contributed by atoms with E-state index in [1.54, 1.807) is 0 Å². The molecule has 0 unspecified atom stereocenters. The lowest BCUT2D eigenvalue weighted by molar-refractivity contribution is 0.282. The number of unbranched alkanes of at least 4 members (excludes halogenated alkanes) is 3. The summed E-state index contributed by atoms with van der Waals surface area (Å²) in [6, 6.07) is 0. The molecule has 0 aliphatic carbocycles. The van der Waals surface area contributed by atoms with E-state index in [4.69, 9.17) is 5.11 Å². The minimum atomic E-state index is 0.363. The number of hydrogen-bond acceptors (Lipinski definition) is 1. The molecule has 0 fully saturated rings. The molecular formula is C21H44O. The Morgan fingerprint density at radius 2 is 0.955 bits per heavy atom. The molecule has 134 valence electrons. The van der Waals surface area contributed by atoms with Crippen LogP contribution in [0.15, 0.2) is 36.5 Å². The summed E-state index contributed by atoms with van der Waals surface area (Å²) in [5, 5.41) is 8.47. The average molecular weight is 313 g/mol. The van der Waals surface area contributed by atoms with Gasteiger partial charge in [0, 0.05) is 6.61 Å². The summed E-state index contributed by atoms with van der Waals surface area (Å²) in [7, 11) is 0. The highest BCUT2D eigenvalue weighted by Gasteiger charge is 1.93. The van der Waals surface area contributed by atoms with Gasteiger partial charge in [0.05, 0.1) is 0 Å². The van der Waals surface area contributed by atoms with Gasteiger partial charge in [-0.3, -0.25) is 0 Å². The van der Waals surface area contributed by atoms with E-state index in [-0.39, 0.29) is 0 Å². The molecule has 0 atom stereocenters. The molecule has 0 amide bonds. The minimum Gasteiger partial charge on any atom is -0.396 e. The Hall–Kier alpha value is -0.820. The minimum absolute atomic E-state index is 0.363. The molecule has 0 aliphatic rings. The zero-order chi connectivity index (χ0) is 18.6. The summed E-state index contributed by atoms with van der Waals surface area (Å²) >= 11 is 0. The van der Waals surface area contributed by atoms with E-state index in [0.29, 0.717) is 6.61 Å². The number of rotatable bonds is 6. The first-order chi connectivity index (χ1) is 9.97. The van der Waals surface area contributed by atoms with Crippen LogP contribution in [0.2, 0.25) is 0 Å². The lowest BCUT2D eigenvalue weighted by Gasteiger charge is -2.02. The molecule has 1 N–H and O–H groups in total. The highest BCUT2D eigenvalue weighted by atomic mass is 16.2. The summed E-state index contributed by atoms with van der Waals surface area (Å²) in [6.45, 7) is 27.4. The smallest absolute Gasteiger partial charge is 0.0431 e. The summed E-state index contributed by atoms with van der Waals surface area (Å²) in [4.78, 5) is 0. The molecule has 0 heterocycles. The number of allylic oxidation sites excluding steroid dienone is 3. The van der Waals surface area contributed by atoms with Crippen molar-refractivity contribution in [1.82, 2.24) is 0 Å². The van der Waals surface area contributed by atoms with Crippen LogP contribution in [0.4, 0.5) is 0 Å². The van der Waals surface area contributed by atoms with Crippen molar-refractivity contribution in [2.24, 2.45) is 5.92 Å². The fourth-order valence-corrected chi connectivity index (χ4v) is 1.02. The highest BCUT2D eigenvalue weighted by molar-refractivity contribution is 4.79. The molecule has 0 saturated carbocycles. The van der Waals surface area contributed by atoms with Crippen molar-refractivity contribution >= 4 is 0 Å². The SMILES string of the molecule is C=C(C)C.C=C(C)C.C=C(C)C.CC(C)CCCCCCO. The molecule has 0 bridgehead atoms. The van der Waals surface area contributed by atoms with Crippen molar-refractivity contribution in [3.63, 3.8) is 0 Å². The van der Waals surface area contributed by atoms with Gasteiger partial charge in [-0.2, -0.15) is 0 Å². The van der Waals surface area contributed by atoms with E-state index < -0.39 is 0 Å². The third-order valence-corrected chi connectivity index (χ3v) is 1.69. The quantitative estimate of drug-likeness (QED) is 0.402. The van der Waals surface area contributed by atoms with Crippen LogP contribution in [0.3, 0.4) is 0 Å². The lowest BCUT2D eigenvalue weighted by atomic mass is 10.0. The van der Waals surface area contributed by atoms with E-state index in [2.05, 4.69) is 33.6 Å². The zero-order valence-corrected chi connectivity index (χ0v) is 16.9. The highest BCUT2D eigenvalue weighted by Crippen LogP contribution is 2.08. The second kappa shape index (κ2) is 25.2. The fourth-order valence-electron chi connectivity index (χ4n) is 1.02. The van der Waals surface area contributed by atoms with Crippen molar-refractivity contribution < 1.29 is 5.11 Å². The first-order valence-corrected chi connectivity index (χ1v) is 8.44. The Labute approximate surface area is 142 Å². The Balaban J connectivity index is -0.000000112. The van der Waals surface area contributed by atoms with E-state index >= 15 is 0 Å². The second-order valence-electron chi connectivity index (χ2n) is 6.94. The normalized spacial score (nSPS) is 8.45. The van der Waals surface area contributed by atoms with Crippen LogP contribution < -0.4 is 0 Å². The van der Waals surface area contributed by atoms with Gasteiger partial charge in [-0.25, -0.2) is 0 Å². The van der Waals surface area contributed by atoms with Crippen molar-refractivity contribution in [3.05, 3.63) is 36.5 Å². The predicted molar refractivity (Wildman–Crippen MR) is 106 cm³/mol. The van der Waals surface area contributed by atoms with E-state index in [1.165, 1.54) is 42.4 Å². The molecule has 0 spiro atoms. The Kier molecular flexibility index (Phi) is 33.4. The molecule has 1 nitrogen and oxygen atoms in total. The van der Waals surface area contributed by atoms with Crippen LogP contribution in [0.25, 0.3) is 0 Å². The summed E-state index contributed by atoms with van der Waals surface area (Å²) in [6.07, 6.45) is 6.14. The summed E-state index contributed by atoms with van der Waals surface area (Å²) in [5.74, 6) is 0.842. The third-order valence-electron chi connectivity index (χ3n) is 1.69. The van der Waals surface area contributed by atoms with Gasteiger partial charge in [-0.1, -0.05) is 56.3 Å². The molecule has 0 aliphatic heterocycles. The van der Waals surface area contributed by atoms with Gasteiger partial charge in [0.1, 0.15) is 0 Å². The fraction of sp³-hybridized carbons (Fsp3) is 0.714. The van der Waals surface area contributed by atoms with Crippen LogP contribution in [0.1, 0.15) is 87.5 Å². The van der Waals surface area contributed by atoms with Crippen LogP contribution >= 0.6 is 0 Å². The molecule has 0 saturated heterocycles. The maximum atomic E-state index is 8.47. The van der Waals surface area contributed by atoms with Crippen molar-refractivity contribution in [3.8, 4) is 0 Å². The van der Waals surface area contributed by atoms with Crippen LogP contribution in [-0.4, -0.2) is 11.7 Å². The van der Waals surface area contributed by atoms with Crippen molar-refractivity contribution in [1.29, 1.82) is 0 Å². The topological polar surface area (TPSA) is 20.2 Å². The molecule has 1 heteroatoms. The molecule has 0 rings (SSSR count). The number of aliphatic hydroxyl groups is 1. The second-order valence-corrected chi connectivity index (χ2v) is 6.94. The zero-order valence-electron chi connectivity index (χ0n) is 16.9. The van der Waals surface area contributed by atoms with E-state index in [0.717, 1.165) is 12.3 Å². The van der Waals surface area contributed by atoms with Crippen molar-refractivity contribution in [2.75, 3.05) is 6.61 Å². The summed E-state index contributed by atoms with van der Waals surface area (Å²) in [5.41, 5.74) is 3.50. The van der Waals surface area contributed by atoms with Gasteiger partial charge in [-0.15, -0.1) is 19.7 Å². The van der Waals surface area contributed by atoms with E-state index in [9.17, 15) is 0 Å². The molecule has 0 aromatic heterocycles. The maximum absolute atomic E-state index is 8.47. The van der Waals surface area contributed by atoms with Gasteiger partial charge < -0.3 is 5.11 Å². The molecule has 0 aromatic rings. The van der Waals surface area contributed by atoms with Crippen LogP contribution in [-0.2, 0) is 0 Å². The van der Waals surface area contributed by atoms with Crippen LogP contribution in [0.5, 0.6) is 0 Å². The van der Waals surface area contributed by atoms with Gasteiger partial charge >= 0.3 is 0 Å². The Morgan fingerprint density at radius 1 is 0.682 bits per heavy atom. The molecule has 0 aromatic carbocycles. The van der Waals surface area contributed by atoms with Crippen LogP contribution in [0, 0.1) is 5.92 Å². The largest absolute Gasteiger partial charge is 0.396 e. The first kappa shape index (κ1) is 29.2. The van der Waals surface area contributed by atoms with Gasteiger partial charge in [0.15, 0.2) is 0 Å². The third kappa shape index (κ3) is 166. The monoisotopic (exact) mass is 312 g/mol. The van der Waals surface area contributed by atoms with Gasteiger partial charge in [0.2, 0.25) is 0 Å². The first-order valence-electron chi connectivity index (χ1n) is 8.44. The van der Waals surface area contributed by atoms with E-state index in [1.807, 2.05) is 41.5 Å². The Bertz CT molecular complexity index is 208. The molecule has 22 heavy (non-hydrogen) atoms. The molecule has 0 radical (unpaired) electrons. The van der Waals surface area contributed by atoms with Crippen molar-refractivity contribution in [2.45, 2.75) is 87.5 Å². The number of hydrogen-bond donors (Lipinski definition) is 1. The predicted octanol–water partition coefficient (Wildman–Crippen LogP) is 7.33. The standard InChI is InChI=1S/C9H20O.3C4H8/c1-9(2)7-5-3-4-6-8-10;3*1-4(2)3/h9-10H,3-8H2,1-2H3;3*1H2,2-3H3. The maximum Gasteiger partial charge on any atom is 0.0431 e. The number of aliphatic hydroxyl groups excluding tert-OH is 1. The summed E-state index contributed by atoms with van der Waals surface area (Å²) < 4.78 is 0. The average Bonchev–Trinajstić information content (AvgIpc) is 2.26. The van der Waals surface area contributed by atoms with Gasteiger partial charge in [0.25, 0.3) is 0 Å². The Morgan fingerprint density at radius 3 is 1.18 bits per heavy atom.